The van der Waals surface area contributed by atoms with Crippen LogP contribution in [0.5, 0.6) is 0 Å². The van der Waals surface area contributed by atoms with Crippen molar-refractivity contribution in [2.45, 2.75) is 44.1 Å². The summed E-state index contributed by atoms with van der Waals surface area (Å²) in [7, 11) is 0. The van der Waals surface area contributed by atoms with Gasteiger partial charge in [0.15, 0.2) is 0 Å². The lowest BCUT2D eigenvalue weighted by atomic mass is 9.64. The second-order valence-electron chi connectivity index (χ2n) is 5.88. The lowest BCUT2D eigenvalue weighted by Gasteiger charge is -2.49. The van der Waals surface area contributed by atoms with E-state index in [1.807, 2.05) is 0 Å². The first-order chi connectivity index (χ1) is 8.85. The van der Waals surface area contributed by atoms with Gasteiger partial charge in [-0.3, -0.25) is 0 Å². The van der Waals surface area contributed by atoms with Gasteiger partial charge < -0.3 is 10.5 Å². The van der Waals surface area contributed by atoms with Gasteiger partial charge in [-0.2, -0.15) is 0 Å². The standard InChI is InChI=1S/C16H23NO/c17-10-13-6-8-15(9-7-13)16(11-18-12-16)14-4-2-1-3-5-14/h6-9,14H,1-5,10-12,17H2. The van der Waals surface area contributed by atoms with Crippen molar-refractivity contribution in [3.63, 3.8) is 0 Å². The molecule has 1 aromatic rings. The molecule has 2 heteroatoms. The molecule has 0 amide bonds. The van der Waals surface area contributed by atoms with Gasteiger partial charge in [-0.25, -0.2) is 0 Å². The summed E-state index contributed by atoms with van der Waals surface area (Å²) < 4.78 is 5.58. The fourth-order valence-electron chi connectivity index (χ4n) is 3.59. The Balaban J connectivity index is 1.85. The van der Waals surface area contributed by atoms with Gasteiger partial charge in [0.2, 0.25) is 0 Å². The molecule has 1 heterocycles. The smallest absolute Gasteiger partial charge is 0.0588 e. The number of benzene rings is 1. The van der Waals surface area contributed by atoms with Crippen molar-refractivity contribution in [1.29, 1.82) is 0 Å². The Morgan fingerprint density at radius 1 is 1.06 bits per heavy atom. The topological polar surface area (TPSA) is 35.2 Å². The molecule has 0 radical (unpaired) electrons. The maximum Gasteiger partial charge on any atom is 0.0588 e. The molecule has 3 rings (SSSR count). The summed E-state index contributed by atoms with van der Waals surface area (Å²) in [5.41, 5.74) is 8.68. The summed E-state index contributed by atoms with van der Waals surface area (Å²) >= 11 is 0. The van der Waals surface area contributed by atoms with E-state index in [1.54, 1.807) is 0 Å². The van der Waals surface area contributed by atoms with E-state index in [4.69, 9.17) is 10.5 Å². The molecule has 1 aliphatic heterocycles. The van der Waals surface area contributed by atoms with Crippen molar-refractivity contribution < 1.29 is 4.74 Å². The first-order valence-electron chi connectivity index (χ1n) is 7.22. The molecular weight excluding hydrogens is 222 g/mol. The zero-order chi connectivity index (χ0) is 12.4. The summed E-state index contributed by atoms with van der Waals surface area (Å²) in [6.07, 6.45) is 6.96. The highest BCUT2D eigenvalue weighted by Crippen LogP contribution is 2.45. The molecular formula is C16H23NO. The van der Waals surface area contributed by atoms with E-state index in [0.29, 0.717) is 12.0 Å². The first-order valence-corrected chi connectivity index (χ1v) is 7.22. The minimum atomic E-state index is 0.313. The molecule has 2 nitrogen and oxygen atoms in total. The second-order valence-corrected chi connectivity index (χ2v) is 5.88. The molecule has 1 saturated heterocycles. The van der Waals surface area contributed by atoms with Crippen LogP contribution in [0.15, 0.2) is 24.3 Å². The summed E-state index contributed by atoms with van der Waals surface area (Å²) in [6, 6.07) is 8.91. The minimum Gasteiger partial charge on any atom is -0.379 e. The number of ether oxygens (including phenoxy) is 1. The average Bonchev–Trinajstić information content (AvgIpc) is 2.40. The van der Waals surface area contributed by atoms with Gasteiger partial charge >= 0.3 is 0 Å². The van der Waals surface area contributed by atoms with E-state index in [0.717, 1.165) is 19.1 Å². The molecule has 98 valence electrons. The van der Waals surface area contributed by atoms with Gasteiger partial charge in [0.25, 0.3) is 0 Å². The third-order valence-electron chi connectivity index (χ3n) is 4.87. The highest BCUT2D eigenvalue weighted by atomic mass is 16.5. The molecule has 0 spiro atoms. The van der Waals surface area contributed by atoms with Gasteiger partial charge in [-0.15, -0.1) is 0 Å². The SMILES string of the molecule is NCc1ccc(C2(C3CCCCC3)COC2)cc1. The van der Waals surface area contributed by atoms with E-state index >= 15 is 0 Å². The largest absolute Gasteiger partial charge is 0.379 e. The predicted molar refractivity (Wildman–Crippen MR) is 73.4 cm³/mol. The molecule has 1 aromatic carbocycles. The van der Waals surface area contributed by atoms with E-state index < -0.39 is 0 Å². The Hall–Kier alpha value is -0.860. The van der Waals surface area contributed by atoms with Gasteiger partial charge in [-0.1, -0.05) is 43.5 Å². The summed E-state index contributed by atoms with van der Waals surface area (Å²) in [5, 5.41) is 0. The number of hydrogen-bond acceptors (Lipinski definition) is 2. The fraction of sp³-hybridized carbons (Fsp3) is 0.625. The zero-order valence-corrected chi connectivity index (χ0v) is 11.0. The molecule has 0 bridgehead atoms. The van der Waals surface area contributed by atoms with Crippen LogP contribution in [-0.2, 0) is 16.7 Å². The Labute approximate surface area is 110 Å². The van der Waals surface area contributed by atoms with Crippen molar-refractivity contribution in [3.8, 4) is 0 Å². The lowest BCUT2D eigenvalue weighted by molar-refractivity contribution is -0.0977. The van der Waals surface area contributed by atoms with E-state index in [1.165, 1.54) is 43.2 Å². The van der Waals surface area contributed by atoms with Gasteiger partial charge in [0.1, 0.15) is 0 Å². The summed E-state index contributed by atoms with van der Waals surface area (Å²) in [6.45, 7) is 2.46. The van der Waals surface area contributed by atoms with Crippen LogP contribution in [0.1, 0.15) is 43.2 Å². The highest BCUT2D eigenvalue weighted by Gasteiger charge is 2.46. The third-order valence-corrected chi connectivity index (χ3v) is 4.87. The maximum absolute atomic E-state index is 5.67. The number of nitrogens with two attached hydrogens (primary N) is 1. The predicted octanol–water partition coefficient (Wildman–Crippen LogP) is 2.99. The summed E-state index contributed by atoms with van der Waals surface area (Å²) in [5.74, 6) is 0.823. The second kappa shape index (κ2) is 5.02. The highest BCUT2D eigenvalue weighted by molar-refractivity contribution is 5.32. The quantitative estimate of drug-likeness (QED) is 0.888. The Kier molecular flexibility index (Phi) is 3.40. The lowest BCUT2D eigenvalue weighted by Crippen LogP contribution is -2.52. The van der Waals surface area contributed by atoms with Crippen LogP contribution in [0.25, 0.3) is 0 Å². The minimum absolute atomic E-state index is 0.313. The monoisotopic (exact) mass is 245 g/mol. The van der Waals surface area contributed by atoms with Crippen LogP contribution in [0, 0.1) is 5.92 Å². The molecule has 2 aliphatic rings. The number of rotatable bonds is 3. The van der Waals surface area contributed by atoms with Crippen LogP contribution in [0.4, 0.5) is 0 Å². The molecule has 0 aromatic heterocycles. The maximum atomic E-state index is 5.67. The first kappa shape index (κ1) is 12.2. The number of hydrogen-bond donors (Lipinski definition) is 1. The molecule has 0 atom stereocenters. The zero-order valence-electron chi connectivity index (χ0n) is 11.0. The van der Waals surface area contributed by atoms with Crippen LogP contribution < -0.4 is 5.73 Å². The molecule has 2 fully saturated rings. The van der Waals surface area contributed by atoms with Crippen molar-refractivity contribution in [2.75, 3.05) is 13.2 Å². The van der Waals surface area contributed by atoms with Gasteiger partial charge in [0.05, 0.1) is 13.2 Å². The van der Waals surface area contributed by atoms with Crippen LogP contribution in [0.2, 0.25) is 0 Å². The Morgan fingerprint density at radius 3 is 2.22 bits per heavy atom. The van der Waals surface area contributed by atoms with Gasteiger partial charge in [-0.05, 0) is 29.9 Å². The molecule has 1 aliphatic carbocycles. The van der Waals surface area contributed by atoms with Crippen molar-refractivity contribution >= 4 is 0 Å². The van der Waals surface area contributed by atoms with Crippen molar-refractivity contribution in [2.24, 2.45) is 11.7 Å². The van der Waals surface area contributed by atoms with Crippen LogP contribution >= 0.6 is 0 Å². The van der Waals surface area contributed by atoms with E-state index in [2.05, 4.69) is 24.3 Å². The normalized spacial score (nSPS) is 23.6. The summed E-state index contributed by atoms with van der Waals surface area (Å²) in [4.78, 5) is 0. The van der Waals surface area contributed by atoms with E-state index in [-0.39, 0.29) is 0 Å². The molecule has 2 N–H and O–H groups in total. The van der Waals surface area contributed by atoms with Crippen molar-refractivity contribution in [3.05, 3.63) is 35.4 Å². The average molecular weight is 245 g/mol. The van der Waals surface area contributed by atoms with E-state index in [9.17, 15) is 0 Å². The Bertz CT molecular complexity index is 388. The molecule has 18 heavy (non-hydrogen) atoms. The Morgan fingerprint density at radius 2 is 1.72 bits per heavy atom. The molecule has 0 unspecified atom stereocenters. The van der Waals surface area contributed by atoms with Crippen molar-refractivity contribution in [1.82, 2.24) is 0 Å². The molecule has 1 saturated carbocycles. The third kappa shape index (κ3) is 1.98. The van der Waals surface area contributed by atoms with Gasteiger partial charge in [0, 0.05) is 12.0 Å². The fourth-order valence-corrected chi connectivity index (χ4v) is 3.59. The van der Waals surface area contributed by atoms with Crippen LogP contribution in [-0.4, -0.2) is 13.2 Å². The van der Waals surface area contributed by atoms with Crippen LogP contribution in [0.3, 0.4) is 0 Å².